The van der Waals surface area contributed by atoms with E-state index in [0.29, 0.717) is 12.8 Å². The lowest BCUT2D eigenvalue weighted by molar-refractivity contribution is -0.142. The van der Waals surface area contributed by atoms with E-state index in [0.717, 1.165) is 31.5 Å². The standard InChI is InChI=1S/C14H16ClFN2O3/c15-12-10(6-8(16)7-17-12)13(19)18-11-5-3-1-2-4-9(11)14(20)21/h6-7,9,11H,1-5H2,(H,18,19)(H,20,21). The first kappa shape index (κ1) is 15.7. The summed E-state index contributed by atoms with van der Waals surface area (Å²) >= 11 is 5.79. The molecule has 114 valence electrons. The van der Waals surface area contributed by atoms with Gasteiger partial charge in [-0.05, 0) is 18.9 Å². The minimum atomic E-state index is -0.925. The molecule has 2 N–H and O–H groups in total. The molecular formula is C14H16ClFN2O3. The molecule has 0 bridgehead atoms. The molecule has 5 nitrogen and oxygen atoms in total. The Kier molecular flexibility index (Phi) is 5.12. The van der Waals surface area contributed by atoms with E-state index >= 15 is 0 Å². The van der Waals surface area contributed by atoms with Crippen LogP contribution in [0.4, 0.5) is 4.39 Å². The number of carbonyl (C=O) groups is 2. The maximum absolute atomic E-state index is 13.2. The van der Waals surface area contributed by atoms with Gasteiger partial charge in [-0.3, -0.25) is 9.59 Å². The van der Waals surface area contributed by atoms with Gasteiger partial charge >= 0.3 is 5.97 Å². The number of halogens is 2. The number of amides is 1. The number of nitrogens with zero attached hydrogens (tertiary/aromatic N) is 1. The summed E-state index contributed by atoms with van der Waals surface area (Å²) in [6.45, 7) is 0. The summed E-state index contributed by atoms with van der Waals surface area (Å²) in [5, 5.41) is 11.8. The number of hydrogen-bond acceptors (Lipinski definition) is 3. The fourth-order valence-electron chi connectivity index (χ4n) is 2.60. The lowest BCUT2D eigenvalue weighted by Gasteiger charge is -2.23. The highest BCUT2D eigenvalue weighted by Gasteiger charge is 2.31. The summed E-state index contributed by atoms with van der Waals surface area (Å²) in [5.74, 6) is -2.81. The first-order valence-corrected chi connectivity index (χ1v) is 7.21. The molecule has 0 aliphatic heterocycles. The third-order valence-corrected chi connectivity index (χ3v) is 4.00. The molecule has 0 spiro atoms. The quantitative estimate of drug-likeness (QED) is 0.664. The van der Waals surface area contributed by atoms with Crippen LogP contribution >= 0.6 is 11.6 Å². The van der Waals surface area contributed by atoms with E-state index in [1.165, 1.54) is 0 Å². The van der Waals surface area contributed by atoms with Crippen molar-refractivity contribution < 1.29 is 19.1 Å². The summed E-state index contributed by atoms with van der Waals surface area (Å²) in [4.78, 5) is 27.1. The summed E-state index contributed by atoms with van der Waals surface area (Å²) in [7, 11) is 0. The number of nitrogens with one attached hydrogen (secondary N) is 1. The molecule has 7 heteroatoms. The van der Waals surface area contributed by atoms with E-state index in [9.17, 15) is 19.1 Å². The highest BCUT2D eigenvalue weighted by molar-refractivity contribution is 6.32. The van der Waals surface area contributed by atoms with E-state index < -0.39 is 29.7 Å². The van der Waals surface area contributed by atoms with E-state index in [-0.39, 0.29) is 10.7 Å². The largest absolute Gasteiger partial charge is 0.481 e. The van der Waals surface area contributed by atoms with Crippen molar-refractivity contribution >= 4 is 23.5 Å². The van der Waals surface area contributed by atoms with Gasteiger partial charge in [0.15, 0.2) is 0 Å². The van der Waals surface area contributed by atoms with Gasteiger partial charge in [-0.1, -0.05) is 30.9 Å². The van der Waals surface area contributed by atoms with Gasteiger partial charge in [0.1, 0.15) is 11.0 Å². The molecule has 1 fully saturated rings. The zero-order chi connectivity index (χ0) is 15.4. The van der Waals surface area contributed by atoms with Gasteiger partial charge in [0.25, 0.3) is 5.91 Å². The van der Waals surface area contributed by atoms with Crippen LogP contribution in [0.5, 0.6) is 0 Å². The van der Waals surface area contributed by atoms with Crippen molar-refractivity contribution in [3.8, 4) is 0 Å². The Morgan fingerprint density at radius 2 is 2.05 bits per heavy atom. The van der Waals surface area contributed by atoms with Gasteiger partial charge in [-0.25, -0.2) is 9.37 Å². The zero-order valence-corrected chi connectivity index (χ0v) is 12.1. The minimum absolute atomic E-state index is 0.0787. The number of aromatic nitrogens is 1. The topological polar surface area (TPSA) is 79.3 Å². The first-order chi connectivity index (χ1) is 9.99. The first-order valence-electron chi connectivity index (χ1n) is 6.83. The fraction of sp³-hybridized carbons (Fsp3) is 0.500. The van der Waals surface area contributed by atoms with Crippen LogP contribution in [0, 0.1) is 11.7 Å². The van der Waals surface area contributed by atoms with E-state index in [4.69, 9.17) is 11.6 Å². The summed E-state index contributed by atoms with van der Waals surface area (Å²) in [5.41, 5.74) is -0.0787. The molecule has 1 aliphatic rings. The van der Waals surface area contributed by atoms with Crippen molar-refractivity contribution in [2.45, 2.75) is 38.1 Å². The van der Waals surface area contributed by atoms with Gasteiger partial charge < -0.3 is 10.4 Å². The highest BCUT2D eigenvalue weighted by Crippen LogP contribution is 2.24. The molecule has 1 aromatic heterocycles. The molecular weight excluding hydrogens is 299 g/mol. The van der Waals surface area contributed by atoms with Crippen molar-refractivity contribution in [1.29, 1.82) is 0 Å². The van der Waals surface area contributed by atoms with Crippen LogP contribution in [0.25, 0.3) is 0 Å². The molecule has 0 aromatic carbocycles. The van der Waals surface area contributed by atoms with Crippen molar-refractivity contribution in [3.05, 3.63) is 28.8 Å². The third kappa shape index (κ3) is 3.91. The monoisotopic (exact) mass is 314 g/mol. The molecule has 2 atom stereocenters. The molecule has 0 radical (unpaired) electrons. The summed E-state index contributed by atoms with van der Waals surface area (Å²) in [6, 6.07) is 0.522. The normalized spacial score (nSPS) is 22.4. The average molecular weight is 315 g/mol. The Hall–Kier alpha value is -1.69. The smallest absolute Gasteiger partial charge is 0.308 e. The maximum atomic E-state index is 13.2. The molecule has 1 saturated carbocycles. The molecule has 21 heavy (non-hydrogen) atoms. The molecule has 1 heterocycles. The van der Waals surface area contributed by atoms with Crippen molar-refractivity contribution in [2.24, 2.45) is 5.92 Å². The van der Waals surface area contributed by atoms with E-state index in [1.807, 2.05) is 0 Å². The lowest BCUT2D eigenvalue weighted by Crippen LogP contribution is -2.43. The summed E-state index contributed by atoms with van der Waals surface area (Å²) < 4.78 is 13.2. The average Bonchev–Trinajstić information content (AvgIpc) is 2.67. The molecule has 1 aliphatic carbocycles. The van der Waals surface area contributed by atoms with Crippen LogP contribution in [0.2, 0.25) is 5.15 Å². The second kappa shape index (κ2) is 6.85. The molecule has 1 aromatic rings. The van der Waals surface area contributed by atoms with Crippen LogP contribution in [0.1, 0.15) is 42.5 Å². The van der Waals surface area contributed by atoms with E-state index in [1.54, 1.807) is 0 Å². The Balaban J connectivity index is 2.16. The number of carboxylic acid groups (broad SMARTS) is 1. The maximum Gasteiger partial charge on any atom is 0.308 e. The number of rotatable bonds is 3. The molecule has 0 saturated heterocycles. The molecule has 1 amide bonds. The number of pyridine rings is 1. The predicted octanol–water partition coefficient (Wildman–Crippen LogP) is 2.64. The minimum Gasteiger partial charge on any atom is -0.481 e. The second-order valence-corrected chi connectivity index (χ2v) is 5.51. The number of aliphatic carboxylic acids is 1. The zero-order valence-electron chi connectivity index (χ0n) is 11.3. The van der Waals surface area contributed by atoms with Gasteiger partial charge in [-0.2, -0.15) is 0 Å². The fourth-order valence-corrected chi connectivity index (χ4v) is 2.79. The van der Waals surface area contributed by atoms with Crippen LogP contribution in [0.3, 0.4) is 0 Å². The molecule has 2 rings (SSSR count). The van der Waals surface area contributed by atoms with Gasteiger partial charge in [0.05, 0.1) is 17.7 Å². The number of carbonyl (C=O) groups excluding carboxylic acids is 1. The lowest BCUT2D eigenvalue weighted by atomic mass is 9.94. The Morgan fingerprint density at radius 3 is 2.76 bits per heavy atom. The highest BCUT2D eigenvalue weighted by atomic mass is 35.5. The van der Waals surface area contributed by atoms with Crippen LogP contribution in [-0.2, 0) is 4.79 Å². The van der Waals surface area contributed by atoms with Crippen molar-refractivity contribution in [1.82, 2.24) is 10.3 Å². The third-order valence-electron chi connectivity index (χ3n) is 3.70. The van der Waals surface area contributed by atoms with Crippen LogP contribution in [0.15, 0.2) is 12.3 Å². The predicted molar refractivity (Wildman–Crippen MR) is 74.7 cm³/mol. The summed E-state index contributed by atoms with van der Waals surface area (Å²) in [6.07, 6.45) is 4.65. The van der Waals surface area contributed by atoms with E-state index in [2.05, 4.69) is 10.3 Å². The van der Waals surface area contributed by atoms with Crippen molar-refractivity contribution in [3.63, 3.8) is 0 Å². The van der Waals surface area contributed by atoms with Gasteiger partial charge in [0.2, 0.25) is 0 Å². The second-order valence-electron chi connectivity index (χ2n) is 5.15. The molecule has 2 unspecified atom stereocenters. The Morgan fingerprint density at radius 1 is 1.33 bits per heavy atom. The van der Waals surface area contributed by atoms with Crippen LogP contribution in [-0.4, -0.2) is 28.0 Å². The SMILES string of the molecule is O=C(NC1CCCCCC1C(=O)O)c1cc(F)cnc1Cl. The van der Waals surface area contributed by atoms with Crippen LogP contribution < -0.4 is 5.32 Å². The van der Waals surface area contributed by atoms with Gasteiger partial charge in [0, 0.05) is 6.04 Å². The number of carboxylic acids is 1. The Bertz CT molecular complexity index is 553. The van der Waals surface area contributed by atoms with Gasteiger partial charge in [-0.15, -0.1) is 0 Å². The van der Waals surface area contributed by atoms with Crippen molar-refractivity contribution in [2.75, 3.05) is 0 Å². The number of hydrogen-bond donors (Lipinski definition) is 2. The Labute approximate surface area is 126 Å².